The standard InChI is InChI=1S/C24H38O2.C15H24O2/c1-4-15-10-16(5-2)22-19-11-17(21(15)22)12-20(19)23(25)26-24(6-3)13-14-7-8-18(24)9-14;1-3-8-5-9(4-2)14-11-6-10(13(8)14)7-12(11)15(16)17/h14-22H,4-13H2,1-3H3;8-14H,3-7H2,1-2H3,(H,16,17). The number of hydrogen-bond donors (Lipinski definition) is 1. The molecule has 6 bridgehead atoms. The first kappa shape index (κ1) is 30.6. The summed E-state index contributed by atoms with van der Waals surface area (Å²) in [5.74, 6) is 11.1. The van der Waals surface area contributed by atoms with Gasteiger partial charge in [-0.15, -0.1) is 0 Å². The van der Waals surface area contributed by atoms with Gasteiger partial charge in [0.2, 0.25) is 0 Å². The highest BCUT2D eigenvalue weighted by Crippen LogP contribution is 2.67. The maximum absolute atomic E-state index is 13.3. The summed E-state index contributed by atoms with van der Waals surface area (Å²) in [6.45, 7) is 11.6. The van der Waals surface area contributed by atoms with Crippen LogP contribution in [0.5, 0.6) is 0 Å². The highest BCUT2D eigenvalue weighted by Gasteiger charge is 2.63. The van der Waals surface area contributed by atoms with Gasteiger partial charge in [-0.05, 0) is 153 Å². The zero-order chi connectivity index (χ0) is 30.2. The molecule has 4 nitrogen and oxygen atoms in total. The first-order chi connectivity index (χ1) is 20.8. The molecule has 43 heavy (non-hydrogen) atoms. The number of rotatable bonds is 8. The van der Waals surface area contributed by atoms with Gasteiger partial charge in [0.15, 0.2) is 0 Å². The Balaban J connectivity index is 0.000000153. The van der Waals surface area contributed by atoms with Crippen molar-refractivity contribution in [1.82, 2.24) is 0 Å². The molecule has 0 aromatic carbocycles. The Morgan fingerprint density at radius 1 is 0.651 bits per heavy atom. The second-order valence-corrected chi connectivity index (χ2v) is 17.2. The summed E-state index contributed by atoms with van der Waals surface area (Å²) in [7, 11) is 0. The Hall–Kier alpha value is -1.06. The fourth-order valence-corrected chi connectivity index (χ4v) is 14.6. The fraction of sp³-hybridized carbons (Fsp3) is 0.949. The average molecular weight is 595 g/mol. The molecule has 0 aromatic rings. The van der Waals surface area contributed by atoms with Gasteiger partial charge in [-0.3, -0.25) is 9.59 Å². The highest BCUT2D eigenvalue weighted by molar-refractivity contribution is 5.74. The van der Waals surface area contributed by atoms with Gasteiger partial charge < -0.3 is 9.84 Å². The monoisotopic (exact) mass is 594 g/mol. The lowest BCUT2D eigenvalue weighted by Gasteiger charge is -2.40. The van der Waals surface area contributed by atoms with E-state index in [2.05, 4.69) is 34.6 Å². The summed E-state index contributed by atoms with van der Waals surface area (Å²) in [6, 6.07) is 0. The van der Waals surface area contributed by atoms with Crippen LogP contribution in [0.2, 0.25) is 0 Å². The van der Waals surface area contributed by atoms with E-state index in [1.54, 1.807) is 0 Å². The SMILES string of the molecule is CCC1CC(CC)C2C3CC(CC3C(=O)O)C12.CCC1CC(CC)C2C3CC(CC3C(=O)OC3(CC)CC4CCC3C4)C12. The third-order valence-electron chi connectivity index (χ3n) is 16.2. The second-order valence-electron chi connectivity index (χ2n) is 17.2. The van der Waals surface area contributed by atoms with E-state index < -0.39 is 5.97 Å². The average Bonchev–Trinajstić information content (AvgIpc) is 3.86. The van der Waals surface area contributed by atoms with E-state index in [-0.39, 0.29) is 23.4 Å². The van der Waals surface area contributed by atoms with Crippen LogP contribution in [-0.2, 0) is 14.3 Å². The highest BCUT2D eigenvalue weighted by atomic mass is 16.6. The summed E-state index contributed by atoms with van der Waals surface area (Å²) >= 11 is 0. The molecule has 8 fully saturated rings. The molecule has 17 atom stereocenters. The number of hydrogen-bond acceptors (Lipinski definition) is 3. The minimum Gasteiger partial charge on any atom is -0.481 e. The third kappa shape index (κ3) is 4.70. The topological polar surface area (TPSA) is 63.6 Å². The van der Waals surface area contributed by atoms with E-state index in [0.717, 1.165) is 90.8 Å². The molecule has 0 amide bonds. The van der Waals surface area contributed by atoms with Gasteiger partial charge in [0.05, 0.1) is 11.8 Å². The van der Waals surface area contributed by atoms with Crippen molar-refractivity contribution in [2.75, 3.05) is 0 Å². The van der Waals surface area contributed by atoms with Crippen LogP contribution in [0.4, 0.5) is 0 Å². The molecule has 242 valence electrons. The first-order valence-electron chi connectivity index (χ1n) is 19.2. The predicted molar refractivity (Wildman–Crippen MR) is 170 cm³/mol. The Kier molecular flexibility index (Phi) is 8.27. The number of ether oxygens (including phenoxy) is 1. The summed E-state index contributed by atoms with van der Waals surface area (Å²) in [6.07, 6.45) is 18.9. The molecule has 17 unspecified atom stereocenters. The van der Waals surface area contributed by atoms with E-state index in [1.165, 1.54) is 70.6 Å². The van der Waals surface area contributed by atoms with Crippen molar-refractivity contribution >= 4 is 11.9 Å². The Bertz CT molecular complexity index is 1050. The van der Waals surface area contributed by atoms with Gasteiger partial charge in [0.25, 0.3) is 0 Å². The quantitative estimate of drug-likeness (QED) is 0.285. The normalized spacial score (nSPS) is 53.1. The van der Waals surface area contributed by atoms with Crippen LogP contribution in [0.15, 0.2) is 0 Å². The molecule has 8 rings (SSSR count). The van der Waals surface area contributed by atoms with E-state index in [9.17, 15) is 14.7 Å². The smallest absolute Gasteiger partial charge is 0.309 e. The fourth-order valence-electron chi connectivity index (χ4n) is 14.6. The van der Waals surface area contributed by atoms with Crippen molar-refractivity contribution in [2.45, 2.75) is 137 Å². The van der Waals surface area contributed by atoms with E-state index in [0.29, 0.717) is 17.8 Å². The first-order valence-corrected chi connectivity index (χ1v) is 19.2. The Morgan fingerprint density at radius 2 is 1.16 bits per heavy atom. The zero-order valence-corrected chi connectivity index (χ0v) is 28.0. The van der Waals surface area contributed by atoms with Crippen LogP contribution >= 0.6 is 0 Å². The largest absolute Gasteiger partial charge is 0.481 e. The molecular weight excluding hydrogens is 532 g/mol. The van der Waals surface area contributed by atoms with Crippen molar-refractivity contribution in [3.8, 4) is 0 Å². The summed E-state index contributed by atoms with van der Waals surface area (Å²) in [5.41, 5.74) is -0.0903. The molecule has 8 aliphatic rings. The van der Waals surface area contributed by atoms with Crippen molar-refractivity contribution < 1.29 is 19.4 Å². The van der Waals surface area contributed by atoms with E-state index in [1.807, 2.05) is 0 Å². The number of esters is 1. The van der Waals surface area contributed by atoms with Gasteiger partial charge in [0.1, 0.15) is 5.60 Å². The molecule has 0 aliphatic heterocycles. The van der Waals surface area contributed by atoms with Crippen LogP contribution in [0.1, 0.15) is 131 Å². The summed E-state index contributed by atoms with van der Waals surface area (Å²) in [5, 5.41) is 9.34. The number of aliphatic carboxylic acids is 1. The third-order valence-corrected chi connectivity index (χ3v) is 16.2. The Morgan fingerprint density at radius 3 is 1.60 bits per heavy atom. The van der Waals surface area contributed by atoms with E-state index in [4.69, 9.17) is 4.74 Å². The molecule has 0 radical (unpaired) electrons. The molecular formula is C39H62O4. The maximum Gasteiger partial charge on any atom is 0.309 e. The van der Waals surface area contributed by atoms with Crippen molar-refractivity contribution in [2.24, 2.45) is 94.7 Å². The molecule has 0 spiro atoms. The minimum absolute atomic E-state index is 0.00842. The van der Waals surface area contributed by atoms with Crippen molar-refractivity contribution in [3.63, 3.8) is 0 Å². The van der Waals surface area contributed by atoms with Gasteiger partial charge in [-0.25, -0.2) is 0 Å². The van der Waals surface area contributed by atoms with Crippen LogP contribution in [0.25, 0.3) is 0 Å². The van der Waals surface area contributed by atoms with Gasteiger partial charge >= 0.3 is 11.9 Å². The van der Waals surface area contributed by atoms with Gasteiger partial charge in [0, 0.05) is 0 Å². The van der Waals surface area contributed by atoms with E-state index >= 15 is 0 Å². The zero-order valence-electron chi connectivity index (χ0n) is 28.0. The van der Waals surface area contributed by atoms with Gasteiger partial charge in [-0.2, -0.15) is 0 Å². The number of fused-ring (bicyclic) bond motifs is 12. The number of carboxylic acid groups (broad SMARTS) is 1. The lowest BCUT2D eigenvalue weighted by atomic mass is 9.70. The van der Waals surface area contributed by atoms with Crippen LogP contribution in [0, 0.1) is 94.7 Å². The van der Waals surface area contributed by atoms with Crippen LogP contribution in [0.3, 0.4) is 0 Å². The Labute approximate surface area is 262 Å². The molecule has 0 heterocycles. The molecule has 0 saturated heterocycles. The number of carboxylic acids is 1. The second kappa shape index (κ2) is 11.6. The molecule has 8 aliphatic carbocycles. The minimum atomic E-state index is -0.522. The van der Waals surface area contributed by atoms with Crippen molar-refractivity contribution in [3.05, 3.63) is 0 Å². The summed E-state index contributed by atoms with van der Waals surface area (Å²) < 4.78 is 6.45. The summed E-state index contributed by atoms with van der Waals surface area (Å²) in [4.78, 5) is 24.7. The molecule has 0 aromatic heterocycles. The molecule has 1 N–H and O–H groups in total. The predicted octanol–water partition coefficient (Wildman–Crippen LogP) is 9.26. The maximum atomic E-state index is 13.3. The molecule has 8 saturated carbocycles. The number of carbonyl (C=O) groups is 2. The number of carbonyl (C=O) groups excluding carboxylic acids is 1. The van der Waals surface area contributed by atoms with Crippen LogP contribution in [-0.4, -0.2) is 22.6 Å². The van der Waals surface area contributed by atoms with Crippen LogP contribution < -0.4 is 0 Å². The molecule has 4 heteroatoms. The lowest BCUT2D eigenvalue weighted by molar-refractivity contribution is -0.175. The van der Waals surface area contributed by atoms with Gasteiger partial charge in [-0.1, -0.05) is 60.3 Å². The lowest BCUT2D eigenvalue weighted by Crippen LogP contribution is -2.43. The van der Waals surface area contributed by atoms with Crippen molar-refractivity contribution in [1.29, 1.82) is 0 Å².